The van der Waals surface area contributed by atoms with Crippen molar-refractivity contribution in [3.8, 4) is 11.3 Å². The summed E-state index contributed by atoms with van der Waals surface area (Å²) in [6.45, 7) is 0. The summed E-state index contributed by atoms with van der Waals surface area (Å²) in [5.41, 5.74) is -1.59. The number of benzene rings is 3. The second-order valence-electron chi connectivity index (χ2n) is 6.10. The van der Waals surface area contributed by atoms with Gasteiger partial charge in [-0.05, 0) is 12.1 Å². The summed E-state index contributed by atoms with van der Waals surface area (Å²) < 4.78 is 28.3. The van der Waals surface area contributed by atoms with E-state index in [0.29, 0.717) is 6.07 Å². The van der Waals surface area contributed by atoms with Gasteiger partial charge in [0, 0.05) is 22.6 Å². The molecule has 0 radical (unpaired) electrons. The maximum atomic E-state index is 14.3. The van der Waals surface area contributed by atoms with Crippen LogP contribution in [0.5, 0.6) is 0 Å². The van der Waals surface area contributed by atoms with Gasteiger partial charge >= 0.3 is 5.52 Å². The van der Waals surface area contributed by atoms with Crippen molar-refractivity contribution < 1.29 is 18.0 Å². The average molecular weight is 378 g/mol. The fraction of sp³-hybridized carbons (Fsp3) is 0. The lowest BCUT2D eigenvalue weighted by Gasteiger charge is -2.18. The monoisotopic (exact) mass is 378 g/mol. The van der Waals surface area contributed by atoms with Crippen molar-refractivity contribution in [1.82, 2.24) is 4.73 Å². The van der Waals surface area contributed by atoms with E-state index in [-0.39, 0.29) is 26.0 Å². The summed E-state index contributed by atoms with van der Waals surface area (Å²) in [6.07, 6.45) is 0. The van der Waals surface area contributed by atoms with Gasteiger partial charge < -0.3 is 9.94 Å². The van der Waals surface area contributed by atoms with Crippen LogP contribution in [0.25, 0.3) is 22.3 Å². The van der Waals surface area contributed by atoms with Gasteiger partial charge in [-0.15, -0.1) is 0 Å². The fourth-order valence-corrected chi connectivity index (χ4v) is 3.11. The topological polar surface area (TPSA) is 68.0 Å². The predicted molar refractivity (Wildman–Crippen MR) is 99.3 cm³/mol. The summed E-state index contributed by atoms with van der Waals surface area (Å²) in [5.74, 6) is -2.95. The number of aromatic nitrogens is 2. The molecule has 0 fully saturated rings. The number of rotatable bonds is 3. The number of hydrogen-bond acceptors (Lipinski definition) is 3. The van der Waals surface area contributed by atoms with Crippen LogP contribution in [0.1, 0.15) is 16.1 Å². The third kappa shape index (κ3) is 2.73. The number of fused-ring (bicyclic) bond motifs is 1. The van der Waals surface area contributed by atoms with E-state index in [1.54, 1.807) is 36.4 Å². The van der Waals surface area contributed by atoms with Gasteiger partial charge in [0.25, 0.3) is 5.69 Å². The van der Waals surface area contributed by atoms with Crippen molar-refractivity contribution in [1.29, 1.82) is 0 Å². The molecule has 0 saturated carbocycles. The first kappa shape index (κ1) is 17.5. The van der Waals surface area contributed by atoms with Crippen LogP contribution in [0.3, 0.4) is 0 Å². The molecule has 0 N–H and O–H groups in total. The van der Waals surface area contributed by atoms with Gasteiger partial charge in [0.15, 0.2) is 5.69 Å². The van der Waals surface area contributed by atoms with Crippen LogP contribution in [0.2, 0.25) is 0 Å². The molecule has 0 aliphatic rings. The molecule has 4 rings (SSSR count). The smallest absolute Gasteiger partial charge is 0.322 e. The van der Waals surface area contributed by atoms with Crippen LogP contribution in [-0.4, -0.2) is 10.5 Å². The standard InChI is InChI=1S/C21H12F2N2O3/c22-15-11-16(23)19-17(12-15)24(27)20(21(26)14-9-5-2-6-10-14)18(25(19)28)13-7-3-1-4-8-13/h1-12H. The zero-order valence-corrected chi connectivity index (χ0v) is 14.3. The molecule has 0 aliphatic carbocycles. The highest BCUT2D eigenvalue weighted by Crippen LogP contribution is 2.27. The van der Waals surface area contributed by atoms with Gasteiger partial charge in [-0.25, -0.2) is 4.39 Å². The Morgan fingerprint density at radius 2 is 1.54 bits per heavy atom. The Morgan fingerprint density at radius 1 is 0.929 bits per heavy atom. The first-order valence-electron chi connectivity index (χ1n) is 8.32. The van der Waals surface area contributed by atoms with Crippen LogP contribution < -0.4 is 4.43 Å². The highest BCUT2D eigenvalue weighted by atomic mass is 19.1. The van der Waals surface area contributed by atoms with Crippen molar-refractivity contribution >= 4 is 16.8 Å². The molecule has 0 unspecified atom stereocenters. The summed E-state index contributed by atoms with van der Waals surface area (Å²) in [5, 5.41) is 13.0. The van der Waals surface area contributed by atoms with Gasteiger partial charge in [0.1, 0.15) is 11.3 Å². The number of nitrogens with zero attached hydrogens (tertiary/aromatic N) is 2. The second-order valence-corrected chi connectivity index (χ2v) is 6.10. The Labute approximate surface area is 157 Å². The molecule has 0 spiro atoms. The van der Waals surface area contributed by atoms with Crippen molar-refractivity contribution in [3.05, 3.63) is 106 Å². The SMILES string of the molecule is O=C(c1ccccc1)c1c(-c2ccccc2)[n+](=O)c2c(F)cc(F)cc2n1[O-]. The highest BCUT2D eigenvalue weighted by molar-refractivity contribution is 6.11. The predicted octanol–water partition coefficient (Wildman–Crippen LogP) is 4.08. The van der Waals surface area contributed by atoms with Crippen LogP contribution in [-0.2, 0) is 0 Å². The Morgan fingerprint density at radius 3 is 2.18 bits per heavy atom. The van der Waals surface area contributed by atoms with Gasteiger partial charge in [-0.3, -0.25) is 4.79 Å². The largest absolute Gasteiger partial charge is 0.805 e. The van der Waals surface area contributed by atoms with E-state index in [9.17, 15) is 23.7 Å². The number of carbonyl (C=O) groups excluding carboxylic acids is 1. The number of ketones is 1. The summed E-state index contributed by atoms with van der Waals surface area (Å²) in [7, 11) is 0. The van der Waals surface area contributed by atoms with Gasteiger partial charge in [0.2, 0.25) is 11.6 Å². The van der Waals surface area contributed by atoms with E-state index < -0.39 is 34.1 Å². The Hall–Kier alpha value is -3.87. The molecular weight excluding hydrogens is 366 g/mol. The van der Waals surface area contributed by atoms with E-state index in [1.807, 2.05) is 0 Å². The molecule has 0 bridgehead atoms. The molecular formula is C21H12F2N2O3. The quantitative estimate of drug-likeness (QED) is 0.399. The molecule has 1 heterocycles. The lowest BCUT2D eigenvalue weighted by atomic mass is 10.0. The van der Waals surface area contributed by atoms with Gasteiger partial charge in [0.05, 0.1) is 9.99 Å². The first-order valence-corrected chi connectivity index (χ1v) is 8.32. The Balaban J connectivity index is 2.17. The minimum absolute atomic E-state index is 0.119. The molecule has 1 aromatic heterocycles. The van der Waals surface area contributed by atoms with Crippen LogP contribution in [0.4, 0.5) is 8.78 Å². The molecule has 3 aromatic carbocycles. The molecule has 5 nitrogen and oxygen atoms in total. The lowest BCUT2D eigenvalue weighted by Crippen LogP contribution is -2.28. The molecule has 28 heavy (non-hydrogen) atoms. The molecule has 0 amide bonds. The molecule has 7 heteroatoms. The third-order valence-electron chi connectivity index (χ3n) is 4.36. The van der Waals surface area contributed by atoms with Gasteiger partial charge in [-0.2, -0.15) is 4.39 Å². The van der Waals surface area contributed by atoms with E-state index in [2.05, 4.69) is 0 Å². The van der Waals surface area contributed by atoms with Crippen molar-refractivity contribution in [3.63, 3.8) is 0 Å². The maximum Gasteiger partial charge on any atom is 0.322 e. The van der Waals surface area contributed by atoms with E-state index in [0.717, 1.165) is 6.07 Å². The Kier molecular flexibility index (Phi) is 4.19. The minimum Gasteiger partial charge on any atom is -0.805 e. The summed E-state index contributed by atoms with van der Waals surface area (Å²) in [6, 6.07) is 17.1. The van der Waals surface area contributed by atoms with Crippen LogP contribution >= 0.6 is 0 Å². The number of hydrogen-bond donors (Lipinski definition) is 0. The molecule has 0 aliphatic heterocycles. The van der Waals surface area contributed by atoms with Crippen LogP contribution in [0.15, 0.2) is 72.8 Å². The van der Waals surface area contributed by atoms with Crippen molar-refractivity contribution in [2.45, 2.75) is 0 Å². The normalized spacial score (nSPS) is 10.9. The Bertz CT molecular complexity index is 1270. The maximum absolute atomic E-state index is 14.3. The first-order chi connectivity index (χ1) is 13.5. The summed E-state index contributed by atoms with van der Waals surface area (Å²) in [4.78, 5) is 26.1. The van der Waals surface area contributed by atoms with E-state index >= 15 is 0 Å². The molecule has 138 valence electrons. The van der Waals surface area contributed by atoms with E-state index in [1.165, 1.54) is 24.3 Å². The zero-order valence-electron chi connectivity index (χ0n) is 14.3. The average Bonchev–Trinajstić information content (AvgIpc) is 2.70. The fourth-order valence-electron chi connectivity index (χ4n) is 3.11. The molecule has 4 aromatic rings. The summed E-state index contributed by atoms with van der Waals surface area (Å²) >= 11 is 0. The number of halogens is 2. The van der Waals surface area contributed by atoms with Gasteiger partial charge in [-0.1, -0.05) is 48.5 Å². The molecule has 0 atom stereocenters. The molecule has 0 saturated heterocycles. The second kappa shape index (κ2) is 6.70. The third-order valence-corrected chi connectivity index (χ3v) is 4.36. The van der Waals surface area contributed by atoms with Crippen molar-refractivity contribution in [2.24, 2.45) is 0 Å². The minimum atomic E-state index is -1.19. The lowest BCUT2D eigenvalue weighted by molar-refractivity contribution is -0.453. The van der Waals surface area contributed by atoms with Crippen molar-refractivity contribution in [2.75, 3.05) is 0 Å². The van der Waals surface area contributed by atoms with Crippen LogP contribution in [0, 0.1) is 21.7 Å². The van der Waals surface area contributed by atoms with E-state index in [4.69, 9.17) is 0 Å². The highest BCUT2D eigenvalue weighted by Gasteiger charge is 2.31. The number of carbonyl (C=O) groups is 1. The zero-order chi connectivity index (χ0) is 19.8.